The van der Waals surface area contributed by atoms with Gasteiger partial charge in [-0.25, -0.2) is 23.2 Å². The Balaban J connectivity index is 1.61. The van der Waals surface area contributed by atoms with Crippen molar-refractivity contribution in [3.63, 3.8) is 0 Å². The van der Waals surface area contributed by atoms with Crippen molar-refractivity contribution in [1.82, 2.24) is 24.5 Å². The molecule has 0 aliphatic carbocycles. The van der Waals surface area contributed by atoms with Gasteiger partial charge in [-0.2, -0.15) is 9.97 Å². The van der Waals surface area contributed by atoms with Gasteiger partial charge < -0.3 is 14.6 Å². The molecule has 0 radical (unpaired) electrons. The first kappa shape index (κ1) is 24.5. The van der Waals surface area contributed by atoms with Crippen molar-refractivity contribution in [3.8, 4) is 0 Å². The van der Waals surface area contributed by atoms with E-state index in [1.54, 1.807) is 44.4 Å². The minimum Gasteiger partial charge on any atom is -0.462 e. The number of nitrogens with zero attached hydrogens (tertiary/aromatic N) is 5. The molecule has 4 aromatic rings. The van der Waals surface area contributed by atoms with Crippen molar-refractivity contribution in [2.24, 2.45) is 0 Å². The summed E-state index contributed by atoms with van der Waals surface area (Å²) in [5, 5.41) is 6.83. The molecular formula is C22H25N7O4S2. The summed E-state index contributed by atoms with van der Waals surface area (Å²) in [6, 6.07) is 6.68. The topological polar surface area (TPSA) is 141 Å². The fourth-order valence-electron chi connectivity index (χ4n) is 3.37. The molecule has 11 nitrogen and oxygen atoms in total. The number of sulfone groups is 1. The summed E-state index contributed by atoms with van der Waals surface area (Å²) in [5.41, 5.74) is 2.69. The zero-order valence-corrected chi connectivity index (χ0v) is 21.3. The summed E-state index contributed by atoms with van der Waals surface area (Å²) < 4.78 is 30.4. The molecule has 0 saturated heterocycles. The number of hydrogen-bond donors (Lipinski definition) is 2. The number of rotatable bonds is 9. The Bertz CT molecular complexity index is 1480. The second-order valence-corrected chi connectivity index (χ2v) is 10.7. The number of ether oxygens (including phenoxy) is 1. The number of aromatic nitrogens is 5. The normalized spacial score (nSPS) is 11.5. The van der Waals surface area contributed by atoms with E-state index in [2.05, 4.69) is 30.6 Å². The van der Waals surface area contributed by atoms with Gasteiger partial charge in [0.05, 0.1) is 23.5 Å². The molecule has 0 amide bonds. The standard InChI is InChI=1S/C22H25N7O4S2/c1-5-29-12-24-19-16(29)18(23-11-14-7-9-15(10-8-14)35(4,31)32)26-21(27-19)28-22-25-13(3)17(34-22)20(30)33-6-2/h7-10,12H,5-6,11H2,1-4H3,(H2,23,25,26,27,28). The molecule has 184 valence electrons. The van der Waals surface area contributed by atoms with E-state index in [-0.39, 0.29) is 17.5 Å². The van der Waals surface area contributed by atoms with Gasteiger partial charge >= 0.3 is 5.97 Å². The van der Waals surface area contributed by atoms with E-state index in [9.17, 15) is 13.2 Å². The maximum absolute atomic E-state index is 12.1. The van der Waals surface area contributed by atoms with Crippen LogP contribution in [0.1, 0.15) is 34.8 Å². The molecular weight excluding hydrogens is 490 g/mol. The van der Waals surface area contributed by atoms with Crippen LogP contribution in [0.4, 0.5) is 16.9 Å². The third-order valence-electron chi connectivity index (χ3n) is 5.10. The summed E-state index contributed by atoms with van der Waals surface area (Å²) in [6.07, 6.45) is 2.87. The Morgan fingerprint density at radius 2 is 1.89 bits per heavy atom. The number of anilines is 3. The second kappa shape index (κ2) is 9.96. The number of thiazole rings is 1. The summed E-state index contributed by atoms with van der Waals surface area (Å²) in [7, 11) is -3.26. The van der Waals surface area contributed by atoms with Crippen LogP contribution >= 0.6 is 11.3 Å². The van der Waals surface area contributed by atoms with Crippen LogP contribution in [0.25, 0.3) is 11.2 Å². The fourth-order valence-corrected chi connectivity index (χ4v) is 4.85. The predicted molar refractivity (Wildman–Crippen MR) is 134 cm³/mol. The summed E-state index contributed by atoms with van der Waals surface area (Å²) in [6.45, 7) is 6.86. The first-order chi connectivity index (χ1) is 16.7. The number of benzene rings is 1. The third kappa shape index (κ3) is 5.41. The van der Waals surface area contributed by atoms with Crippen molar-refractivity contribution < 1.29 is 17.9 Å². The van der Waals surface area contributed by atoms with Gasteiger partial charge in [0.25, 0.3) is 0 Å². The quantitative estimate of drug-likeness (QED) is 0.318. The zero-order chi connectivity index (χ0) is 25.2. The molecule has 0 aliphatic heterocycles. The molecule has 0 atom stereocenters. The molecule has 0 saturated carbocycles. The molecule has 1 aromatic carbocycles. The molecule has 0 bridgehead atoms. The lowest BCUT2D eigenvalue weighted by molar-refractivity contribution is 0.0531. The van der Waals surface area contributed by atoms with E-state index in [4.69, 9.17) is 4.74 Å². The number of aryl methyl sites for hydroxylation is 2. The number of carbonyl (C=O) groups excluding carboxylic acids is 1. The fraction of sp³-hybridized carbons (Fsp3) is 0.318. The number of hydrogen-bond acceptors (Lipinski definition) is 11. The zero-order valence-electron chi connectivity index (χ0n) is 19.7. The lowest BCUT2D eigenvalue weighted by Crippen LogP contribution is -2.08. The van der Waals surface area contributed by atoms with Crippen molar-refractivity contribution in [3.05, 3.63) is 46.7 Å². The van der Waals surface area contributed by atoms with E-state index in [0.717, 1.165) is 22.4 Å². The van der Waals surface area contributed by atoms with Crippen LogP contribution in [0.15, 0.2) is 35.5 Å². The second-order valence-electron chi connectivity index (χ2n) is 7.65. The molecule has 4 rings (SSSR count). The van der Waals surface area contributed by atoms with Crippen LogP contribution in [0.5, 0.6) is 0 Å². The molecule has 3 heterocycles. The molecule has 35 heavy (non-hydrogen) atoms. The predicted octanol–water partition coefficient (Wildman–Crippen LogP) is 3.55. The average Bonchev–Trinajstić information content (AvgIpc) is 3.40. The first-order valence-electron chi connectivity index (χ1n) is 10.9. The van der Waals surface area contributed by atoms with E-state index >= 15 is 0 Å². The number of fused-ring (bicyclic) bond motifs is 1. The van der Waals surface area contributed by atoms with Crippen LogP contribution in [0, 0.1) is 6.92 Å². The van der Waals surface area contributed by atoms with Crippen molar-refractivity contribution in [1.29, 1.82) is 0 Å². The first-order valence-corrected chi connectivity index (χ1v) is 13.6. The van der Waals surface area contributed by atoms with E-state index in [0.29, 0.717) is 40.3 Å². The molecule has 0 fully saturated rings. The Labute approximate surface area is 206 Å². The maximum atomic E-state index is 12.1. The number of imidazole rings is 1. The van der Waals surface area contributed by atoms with Crippen LogP contribution < -0.4 is 10.6 Å². The Morgan fingerprint density at radius 1 is 1.14 bits per heavy atom. The molecule has 0 spiro atoms. The van der Waals surface area contributed by atoms with Gasteiger partial charge in [-0.05, 0) is 38.5 Å². The molecule has 13 heteroatoms. The van der Waals surface area contributed by atoms with Gasteiger partial charge in [0.1, 0.15) is 10.4 Å². The number of esters is 1. The Hall–Kier alpha value is -3.58. The van der Waals surface area contributed by atoms with Crippen molar-refractivity contribution >= 4 is 55.2 Å². The highest BCUT2D eigenvalue weighted by atomic mass is 32.2. The van der Waals surface area contributed by atoms with Gasteiger partial charge in [0.2, 0.25) is 5.95 Å². The Kier molecular flexibility index (Phi) is 6.98. The highest BCUT2D eigenvalue weighted by Crippen LogP contribution is 2.28. The molecule has 3 aromatic heterocycles. The maximum Gasteiger partial charge on any atom is 0.350 e. The average molecular weight is 516 g/mol. The van der Waals surface area contributed by atoms with Gasteiger partial charge in [0.15, 0.2) is 26.4 Å². The van der Waals surface area contributed by atoms with Crippen molar-refractivity contribution in [2.75, 3.05) is 23.5 Å². The third-order valence-corrected chi connectivity index (χ3v) is 7.28. The minimum atomic E-state index is -3.26. The van der Waals surface area contributed by atoms with Crippen LogP contribution in [-0.2, 0) is 27.7 Å². The summed E-state index contributed by atoms with van der Waals surface area (Å²) >= 11 is 1.16. The highest BCUT2D eigenvalue weighted by Gasteiger charge is 2.19. The van der Waals surface area contributed by atoms with E-state index < -0.39 is 15.8 Å². The van der Waals surface area contributed by atoms with Crippen LogP contribution in [0.2, 0.25) is 0 Å². The lowest BCUT2D eigenvalue weighted by atomic mass is 10.2. The largest absolute Gasteiger partial charge is 0.462 e. The Morgan fingerprint density at radius 3 is 2.54 bits per heavy atom. The van der Waals surface area contributed by atoms with Crippen LogP contribution in [-0.4, -0.2) is 51.8 Å². The summed E-state index contributed by atoms with van der Waals surface area (Å²) in [5.74, 6) is 0.415. The van der Waals surface area contributed by atoms with Gasteiger partial charge in [-0.15, -0.1) is 0 Å². The lowest BCUT2D eigenvalue weighted by Gasteiger charge is -2.11. The van der Waals surface area contributed by atoms with E-state index in [1.165, 1.54) is 6.26 Å². The summed E-state index contributed by atoms with van der Waals surface area (Å²) in [4.78, 5) is 30.7. The number of nitrogens with one attached hydrogen (secondary N) is 2. The molecule has 0 unspecified atom stereocenters. The number of carbonyl (C=O) groups is 1. The van der Waals surface area contributed by atoms with Gasteiger partial charge in [0, 0.05) is 19.3 Å². The monoisotopic (exact) mass is 515 g/mol. The smallest absolute Gasteiger partial charge is 0.350 e. The minimum absolute atomic E-state index is 0.266. The van der Waals surface area contributed by atoms with Crippen molar-refractivity contribution in [2.45, 2.75) is 38.8 Å². The van der Waals surface area contributed by atoms with Crippen LogP contribution in [0.3, 0.4) is 0 Å². The molecule has 0 aliphatic rings. The van der Waals surface area contributed by atoms with E-state index in [1.807, 2.05) is 11.5 Å². The highest BCUT2D eigenvalue weighted by molar-refractivity contribution is 7.90. The van der Waals surface area contributed by atoms with Gasteiger partial charge in [-0.1, -0.05) is 23.5 Å². The SMILES string of the molecule is CCOC(=O)c1sc(Nc2nc(NCc3ccc(S(C)(=O)=O)cc3)c3c(ncn3CC)n2)nc1C. The molecule has 2 N–H and O–H groups in total. The van der Waals surface area contributed by atoms with Gasteiger partial charge in [-0.3, -0.25) is 5.32 Å².